The van der Waals surface area contributed by atoms with E-state index in [0.717, 1.165) is 23.3 Å². The van der Waals surface area contributed by atoms with Crippen molar-refractivity contribution in [3.63, 3.8) is 0 Å². The minimum absolute atomic E-state index is 0.134. The van der Waals surface area contributed by atoms with Gasteiger partial charge in [-0.3, -0.25) is 13.9 Å². The van der Waals surface area contributed by atoms with Crippen LogP contribution in [0, 0.1) is 0 Å². The van der Waals surface area contributed by atoms with Gasteiger partial charge in [0.05, 0.1) is 22.5 Å². The average molecular weight is 568 g/mol. The molecule has 0 aliphatic carbocycles. The first-order valence-corrected chi connectivity index (χ1v) is 13.4. The molecule has 0 saturated carbocycles. The van der Waals surface area contributed by atoms with Crippen molar-refractivity contribution in [2.45, 2.75) is 39.0 Å². The van der Waals surface area contributed by atoms with E-state index in [1.807, 2.05) is 6.92 Å². The molecule has 2 aromatic carbocycles. The Morgan fingerprint density at radius 3 is 2.28 bits per heavy atom. The van der Waals surface area contributed by atoms with Gasteiger partial charge in [-0.05, 0) is 43.2 Å². The molecule has 1 N–H and O–H groups in total. The third kappa shape index (κ3) is 7.75. The predicted molar refractivity (Wildman–Crippen MR) is 133 cm³/mol. The van der Waals surface area contributed by atoms with Crippen LogP contribution < -0.4 is 9.62 Å². The number of alkyl halides is 3. The lowest BCUT2D eigenvalue weighted by molar-refractivity contribution is -0.139. The van der Waals surface area contributed by atoms with Crippen molar-refractivity contribution in [3.05, 3.63) is 63.6 Å². The van der Waals surface area contributed by atoms with E-state index in [-0.39, 0.29) is 6.54 Å². The van der Waals surface area contributed by atoms with Crippen LogP contribution in [0.4, 0.5) is 18.9 Å². The summed E-state index contributed by atoms with van der Waals surface area (Å²) in [6, 6.07) is 8.11. The minimum Gasteiger partial charge on any atom is -0.354 e. The van der Waals surface area contributed by atoms with E-state index in [1.165, 1.54) is 6.92 Å². The fourth-order valence-corrected chi connectivity index (χ4v) is 4.55. The highest BCUT2D eigenvalue weighted by atomic mass is 35.5. The second-order valence-corrected chi connectivity index (χ2v) is 10.7. The SMILES string of the molecule is CCCNC(=O)[C@H](C)N(Cc1ccccc1Cl)C(=O)CN(c1ccc(Cl)c(C(F)(F)F)c1)S(C)(=O)=O. The second kappa shape index (κ2) is 12.2. The third-order valence-corrected chi connectivity index (χ3v) is 7.08. The Bertz CT molecular complexity index is 1210. The molecule has 0 aliphatic rings. The number of sulfonamides is 1. The summed E-state index contributed by atoms with van der Waals surface area (Å²) in [4.78, 5) is 27.2. The van der Waals surface area contributed by atoms with Gasteiger partial charge in [0.25, 0.3) is 0 Å². The maximum atomic E-state index is 13.4. The van der Waals surface area contributed by atoms with Gasteiger partial charge in [0.15, 0.2) is 0 Å². The van der Waals surface area contributed by atoms with Gasteiger partial charge in [-0.25, -0.2) is 8.42 Å². The van der Waals surface area contributed by atoms with Crippen LogP contribution in [0.15, 0.2) is 42.5 Å². The molecule has 13 heteroatoms. The second-order valence-electron chi connectivity index (χ2n) is 8.01. The number of anilines is 1. The zero-order chi connectivity index (χ0) is 27.3. The molecule has 0 heterocycles. The zero-order valence-electron chi connectivity index (χ0n) is 19.8. The molecule has 0 aliphatic heterocycles. The highest BCUT2D eigenvalue weighted by molar-refractivity contribution is 7.92. The summed E-state index contributed by atoms with van der Waals surface area (Å²) >= 11 is 11.9. The van der Waals surface area contributed by atoms with E-state index in [0.29, 0.717) is 33.9 Å². The lowest BCUT2D eigenvalue weighted by atomic mass is 10.1. The molecule has 1 atom stereocenters. The molecule has 0 aromatic heterocycles. The number of hydrogen-bond donors (Lipinski definition) is 1. The first kappa shape index (κ1) is 29.7. The van der Waals surface area contributed by atoms with Gasteiger partial charge in [-0.2, -0.15) is 13.2 Å². The average Bonchev–Trinajstić information content (AvgIpc) is 2.78. The largest absolute Gasteiger partial charge is 0.417 e. The topological polar surface area (TPSA) is 86.8 Å². The highest BCUT2D eigenvalue weighted by Crippen LogP contribution is 2.37. The van der Waals surface area contributed by atoms with Crippen molar-refractivity contribution in [1.29, 1.82) is 0 Å². The van der Waals surface area contributed by atoms with Crippen LogP contribution in [0.5, 0.6) is 0 Å². The molecule has 0 radical (unpaired) electrons. The summed E-state index contributed by atoms with van der Waals surface area (Å²) in [6.07, 6.45) is -3.43. The number of rotatable bonds is 10. The smallest absolute Gasteiger partial charge is 0.354 e. The summed E-state index contributed by atoms with van der Waals surface area (Å²) in [5.74, 6) is -1.29. The Hall–Kier alpha value is -2.50. The van der Waals surface area contributed by atoms with Crippen LogP contribution in [-0.2, 0) is 32.3 Å². The van der Waals surface area contributed by atoms with Crippen molar-refractivity contribution < 1.29 is 31.2 Å². The fourth-order valence-electron chi connectivity index (χ4n) is 3.29. The normalized spacial score (nSPS) is 12.7. The van der Waals surface area contributed by atoms with Crippen molar-refractivity contribution in [3.8, 4) is 0 Å². The third-order valence-electron chi connectivity index (χ3n) is 5.24. The van der Waals surface area contributed by atoms with Crippen LogP contribution in [-0.4, -0.2) is 50.5 Å². The highest BCUT2D eigenvalue weighted by Gasteiger charge is 2.35. The molecule has 36 heavy (non-hydrogen) atoms. The Morgan fingerprint density at radius 2 is 1.72 bits per heavy atom. The Morgan fingerprint density at radius 1 is 1.08 bits per heavy atom. The van der Waals surface area contributed by atoms with E-state index in [1.54, 1.807) is 24.3 Å². The standard InChI is InChI=1S/C23H26Cl2F3N3O4S/c1-4-11-29-22(33)15(2)30(13-16-7-5-6-8-19(16)24)21(32)14-31(36(3,34)35)17-9-10-20(25)18(12-17)23(26,27)28/h5-10,12,15H,4,11,13-14H2,1-3H3,(H,29,33)/t15-/m0/s1. The number of carbonyl (C=O) groups excluding carboxylic acids is 2. The summed E-state index contributed by atoms with van der Waals surface area (Å²) < 4.78 is 65.7. The van der Waals surface area contributed by atoms with Crippen LogP contribution in [0.2, 0.25) is 10.0 Å². The summed E-state index contributed by atoms with van der Waals surface area (Å²) in [6.45, 7) is 2.69. The van der Waals surface area contributed by atoms with E-state index in [2.05, 4.69) is 5.32 Å². The van der Waals surface area contributed by atoms with Gasteiger partial charge in [-0.15, -0.1) is 0 Å². The van der Waals surface area contributed by atoms with Crippen molar-refractivity contribution in [1.82, 2.24) is 10.2 Å². The molecule has 2 aromatic rings. The fraction of sp³-hybridized carbons (Fsp3) is 0.391. The van der Waals surface area contributed by atoms with E-state index < -0.39 is 56.9 Å². The number of halogens is 5. The Balaban J connectivity index is 2.48. The summed E-state index contributed by atoms with van der Waals surface area (Å²) in [5.41, 5.74) is -1.15. The molecule has 0 spiro atoms. The molecular weight excluding hydrogens is 542 g/mol. The van der Waals surface area contributed by atoms with Crippen LogP contribution in [0.3, 0.4) is 0 Å². The number of hydrogen-bond acceptors (Lipinski definition) is 4. The minimum atomic E-state index is -4.84. The lowest BCUT2D eigenvalue weighted by Crippen LogP contribution is -2.51. The Kier molecular flexibility index (Phi) is 10.0. The number of amides is 2. The quantitative estimate of drug-likeness (QED) is 0.450. The van der Waals surface area contributed by atoms with Gasteiger partial charge >= 0.3 is 6.18 Å². The Labute approximate surface area is 218 Å². The van der Waals surface area contributed by atoms with Gasteiger partial charge in [0.1, 0.15) is 12.6 Å². The van der Waals surface area contributed by atoms with Gasteiger partial charge < -0.3 is 10.2 Å². The molecule has 7 nitrogen and oxygen atoms in total. The van der Waals surface area contributed by atoms with Crippen molar-refractivity contribution in [2.24, 2.45) is 0 Å². The molecular formula is C23H26Cl2F3N3O4S. The molecule has 2 amide bonds. The first-order valence-electron chi connectivity index (χ1n) is 10.8. The molecule has 0 unspecified atom stereocenters. The maximum absolute atomic E-state index is 13.4. The van der Waals surface area contributed by atoms with Crippen LogP contribution >= 0.6 is 23.2 Å². The molecule has 0 saturated heterocycles. The zero-order valence-corrected chi connectivity index (χ0v) is 22.1. The lowest BCUT2D eigenvalue weighted by Gasteiger charge is -2.31. The van der Waals surface area contributed by atoms with Crippen LogP contribution in [0.1, 0.15) is 31.4 Å². The van der Waals surface area contributed by atoms with Crippen molar-refractivity contribution in [2.75, 3.05) is 23.7 Å². The van der Waals surface area contributed by atoms with E-state index in [4.69, 9.17) is 23.2 Å². The van der Waals surface area contributed by atoms with Crippen molar-refractivity contribution >= 4 is 50.7 Å². The molecule has 0 bridgehead atoms. The number of benzene rings is 2. The number of nitrogens with one attached hydrogen (secondary N) is 1. The van der Waals surface area contributed by atoms with Gasteiger partial charge in [-0.1, -0.05) is 48.3 Å². The van der Waals surface area contributed by atoms with Gasteiger partial charge in [0.2, 0.25) is 21.8 Å². The van der Waals surface area contributed by atoms with E-state index >= 15 is 0 Å². The maximum Gasteiger partial charge on any atom is 0.417 e. The molecule has 0 fully saturated rings. The first-order chi connectivity index (χ1) is 16.7. The molecule has 198 valence electrons. The molecule has 2 rings (SSSR count). The van der Waals surface area contributed by atoms with E-state index in [9.17, 15) is 31.2 Å². The monoisotopic (exact) mass is 567 g/mol. The predicted octanol–water partition coefficient (Wildman–Crippen LogP) is 4.72. The van der Waals surface area contributed by atoms with Gasteiger partial charge in [0, 0.05) is 18.1 Å². The summed E-state index contributed by atoms with van der Waals surface area (Å²) in [7, 11) is -4.21. The summed E-state index contributed by atoms with van der Waals surface area (Å²) in [5, 5.41) is 2.38. The van der Waals surface area contributed by atoms with Crippen LogP contribution in [0.25, 0.3) is 0 Å². The number of carbonyl (C=O) groups is 2. The number of nitrogens with zero attached hydrogens (tertiary/aromatic N) is 2.